The Hall–Kier alpha value is -0.153. The molecule has 0 radical (unpaired) electrons. The Labute approximate surface area is 168 Å². The lowest BCUT2D eigenvalue weighted by molar-refractivity contribution is -0.165. The molecule has 3 heteroatoms. The van der Waals surface area contributed by atoms with Crippen LogP contribution in [0.15, 0.2) is 0 Å². The van der Waals surface area contributed by atoms with Gasteiger partial charge in [-0.2, -0.15) is 0 Å². The smallest absolute Gasteiger partial charge is 0.184 e. The molecule has 0 aromatic carbocycles. The van der Waals surface area contributed by atoms with Crippen LogP contribution >= 0.6 is 0 Å². The summed E-state index contributed by atoms with van der Waals surface area (Å²) in [6.45, 7) is 16.7. The normalized spacial score (nSPS) is 49.3. The lowest BCUT2D eigenvalue weighted by Crippen LogP contribution is -2.58. The second kappa shape index (κ2) is 6.17. The lowest BCUT2D eigenvalue weighted by Gasteiger charge is -2.63. The molecule has 0 bridgehead atoms. The van der Waals surface area contributed by atoms with E-state index < -0.39 is 8.32 Å². The number of hydrogen-bond donors (Lipinski definition) is 0. The van der Waals surface area contributed by atoms with Gasteiger partial charge in [-0.15, -0.1) is 0 Å². The molecule has 4 aliphatic rings. The van der Waals surface area contributed by atoms with E-state index in [0.29, 0.717) is 28.6 Å². The van der Waals surface area contributed by atoms with Crippen LogP contribution in [-0.2, 0) is 9.22 Å². The topological polar surface area (TPSA) is 26.3 Å². The van der Waals surface area contributed by atoms with Gasteiger partial charge in [0.25, 0.3) is 0 Å². The zero-order valence-electron chi connectivity index (χ0n) is 18.9. The number of carbonyl (C=O) groups is 1. The fourth-order valence-electron chi connectivity index (χ4n) is 8.47. The standard InChI is InChI=1S/C24H42O2Si/c1-22(2)19-10-8-16-17-9-11-21(26-27(5,6)7)24(17,4)14-12-18(16)23(19,3)15-13-20(22)25/h16-19,21H,8-15H2,1-7H3/t16-,17-,18-,19-,21?,23+,24-/m0/s1. The van der Waals surface area contributed by atoms with Crippen LogP contribution in [0.3, 0.4) is 0 Å². The van der Waals surface area contributed by atoms with Crippen molar-refractivity contribution in [3.05, 3.63) is 0 Å². The maximum absolute atomic E-state index is 12.7. The van der Waals surface area contributed by atoms with E-state index in [2.05, 4.69) is 47.3 Å². The van der Waals surface area contributed by atoms with Crippen LogP contribution < -0.4 is 0 Å². The third-order valence-corrected chi connectivity index (χ3v) is 10.7. The largest absolute Gasteiger partial charge is 0.414 e. The second-order valence-corrected chi connectivity index (χ2v) is 17.0. The van der Waals surface area contributed by atoms with Crippen LogP contribution in [0, 0.1) is 39.9 Å². The molecule has 0 amide bonds. The molecule has 0 heterocycles. The minimum Gasteiger partial charge on any atom is -0.414 e. The molecule has 4 saturated carbocycles. The molecule has 27 heavy (non-hydrogen) atoms. The SMILES string of the molecule is CC1(C)C(=O)CC[C@]2(C)[C@H]3CC[C@]4(C)C(O[Si](C)(C)C)CC[C@H]4[C@@H]3CC[C@@H]12. The summed E-state index contributed by atoms with van der Waals surface area (Å²) in [5.74, 6) is 3.65. The first-order valence-corrected chi connectivity index (χ1v) is 15.0. The van der Waals surface area contributed by atoms with Gasteiger partial charge in [0.05, 0.1) is 6.10 Å². The van der Waals surface area contributed by atoms with Crippen molar-refractivity contribution in [2.24, 2.45) is 39.9 Å². The van der Waals surface area contributed by atoms with Crippen LogP contribution in [0.5, 0.6) is 0 Å². The number of carbonyl (C=O) groups excluding carboxylic acids is 1. The Morgan fingerprint density at radius 3 is 2.19 bits per heavy atom. The summed E-state index contributed by atoms with van der Waals surface area (Å²) in [7, 11) is -1.50. The maximum atomic E-state index is 12.7. The highest BCUT2D eigenvalue weighted by molar-refractivity contribution is 6.69. The van der Waals surface area contributed by atoms with Crippen molar-refractivity contribution in [3.63, 3.8) is 0 Å². The zero-order chi connectivity index (χ0) is 19.8. The minimum atomic E-state index is -1.50. The first kappa shape index (κ1) is 20.1. The van der Waals surface area contributed by atoms with E-state index in [1.807, 2.05) is 0 Å². The molecule has 0 aliphatic heterocycles. The van der Waals surface area contributed by atoms with Crippen LogP contribution in [0.2, 0.25) is 19.6 Å². The maximum Gasteiger partial charge on any atom is 0.184 e. The Kier molecular flexibility index (Phi) is 4.60. The van der Waals surface area contributed by atoms with Gasteiger partial charge >= 0.3 is 0 Å². The van der Waals surface area contributed by atoms with Gasteiger partial charge in [0.2, 0.25) is 0 Å². The molecule has 4 rings (SSSR count). The quantitative estimate of drug-likeness (QED) is 0.506. The zero-order valence-corrected chi connectivity index (χ0v) is 19.9. The molecular weight excluding hydrogens is 348 g/mol. The third-order valence-electron chi connectivity index (χ3n) is 9.76. The summed E-state index contributed by atoms with van der Waals surface area (Å²) in [6, 6.07) is 0. The summed E-state index contributed by atoms with van der Waals surface area (Å²) in [4.78, 5) is 12.7. The molecule has 0 aromatic rings. The van der Waals surface area contributed by atoms with Crippen molar-refractivity contribution in [1.82, 2.24) is 0 Å². The number of rotatable bonds is 2. The average Bonchev–Trinajstić information content (AvgIpc) is 2.87. The highest BCUT2D eigenvalue weighted by atomic mass is 28.4. The number of fused-ring (bicyclic) bond motifs is 5. The van der Waals surface area contributed by atoms with Gasteiger partial charge in [0.1, 0.15) is 5.78 Å². The molecular formula is C24H42O2Si. The summed E-state index contributed by atoms with van der Waals surface area (Å²) in [6.07, 6.45) is 10.4. The predicted octanol–water partition coefficient (Wildman–Crippen LogP) is 6.45. The van der Waals surface area contributed by atoms with Gasteiger partial charge < -0.3 is 4.43 Å². The van der Waals surface area contributed by atoms with Crippen molar-refractivity contribution in [3.8, 4) is 0 Å². The Bertz CT molecular complexity index is 620. The molecule has 0 N–H and O–H groups in total. The molecule has 1 unspecified atom stereocenters. The van der Waals surface area contributed by atoms with Gasteiger partial charge in [0.15, 0.2) is 8.32 Å². The summed E-state index contributed by atoms with van der Waals surface area (Å²) in [5.41, 5.74) is 0.655. The van der Waals surface area contributed by atoms with Crippen molar-refractivity contribution >= 4 is 14.1 Å². The molecule has 0 saturated heterocycles. The molecule has 7 atom stereocenters. The number of ketones is 1. The summed E-state index contributed by atoms with van der Waals surface area (Å²) in [5, 5.41) is 0. The lowest BCUT2D eigenvalue weighted by atomic mass is 9.41. The molecule has 2 nitrogen and oxygen atoms in total. The van der Waals surface area contributed by atoms with Crippen molar-refractivity contribution in [2.75, 3.05) is 0 Å². The van der Waals surface area contributed by atoms with Crippen LogP contribution in [0.4, 0.5) is 0 Å². The Balaban J connectivity index is 1.60. The van der Waals surface area contributed by atoms with Crippen LogP contribution in [-0.4, -0.2) is 20.2 Å². The average molecular weight is 391 g/mol. The van der Waals surface area contributed by atoms with Crippen LogP contribution in [0.1, 0.15) is 79.1 Å². The number of hydrogen-bond acceptors (Lipinski definition) is 2. The minimum absolute atomic E-state index is 0.113. The monoisotopic (exact) mass is 390 g/mol. The van der Waals surface area contributed by atoms with Gasteiger partial charge in [-0.1, -0.05) is 27.7 Å². The fraction of sp³-hybridized carbons (Fsp3) is 0.958. The third kappa shape index (κ3) is 2.93. The highest BCUT2D eigenvalue weighted by Crippen LogP contribution is 2.68. The van der Waals surface area contributed by atoms with Crippen molar-refractivity contribution in [1.29, 1.82) is 0 Å². The van der Waals surface area contributed by atoms with Crippen molar-refractivity contribution < 1.29 is 9.22 Å². The molecule has 0 aromatic heterocycles. The van der Waals surface area contributed by atoms with E-state index in [1.165, 1.54) is 38.5 Å². The van der Waals surface area contributed by atoms with E-state index in [4.69, 9.17) is 4.43 Å². The second-order valence-electron chi connectivity index (χ2n) is 12.5. The molecule has 154 valence electrons. The van der Waals surface area contributed by atoms with Gasteiger partial charge in [-0.25, -0.2) is 0 Å². The van der Waals surface area contributed by atoms with Crippen molar-refractivity contribution in [2.45, 2.75) is 105 Å². The molecule has 4 fully saturated rings. The summed E-state index contributed by atoms with van der Waals surface area (Å²) >= 11 is 0. The molecule has 0 spiro atoms. The number of Topliss-reactive ketones (excluding diaryl/α,β-unsaturated/α-hetero) is 1. The first-order valence-electron chi connectivity index (χ1n) is 11.6. The highest BCUT2D eigenvalue weighted by Gasteiger charge is 2.63. The van der Waals surface area contributed by atoms with E-state index in [-0.39, 0.29) is 5.41 Å². The van der Waals surface area contributed by atoms with Gasteiger partial charge in [-0.3, -0.25) is 4.79 Å². The Morgan fingerprint density at radius 2 is 1.52 bits per heavy atom. The Morgan fingerprint density at radius 1 is 0.852 bits per heavy atom. The first-order chi connectivity index (χ1) is 12.4. The van der Waals surface area contributed by atoms with E-state index in [9.17, 15) is 4.79 Å². The van der Waals surface area contributed by atoms with E-state index in [1.54, 1.807) is 0 Å². The van der Waals surface area contributed by atoms with Gasteiger partial charge in [0, 0.05) is 11.8 Å². The predicted molar refractivity (Wildman–Crippen MR) is 114 cm³/mol. The van der Waals surface area contributed by atoms with E-state index >= 15 is 0 Å². The van der Waals surface area contributed by atoms with Gasteiger partial charge in [-0.05, 0) is 99.1 Å². The fourth-order valence-corrected chi connectivity index (χ4v) is 9.71. The van der Waals surface area contributed by atoms with Crippen LogP contribution in [0.25, 0.3) is 0 Å². The summed E-state index contributed by atoms with van der Waals surface area (Å²) < 4.78 is 6.72. The molecule has 4 aliphatic carbocycles. The van der Waals surface area contributed by atoms with E-state index in [0.717, 1.165) is 30.6 Å².